The predicted octanol–water partition coefficient (Wildman–Crippen LogP) is 2.92. The molecule has 1 saturated carbocycles. The van der Waals surface area contributed by atoms with Crippen LogP contribution in [0.25, 0.3) is 0 Å². The number of hydrogen-bond donors (Lipinski definition) is 2. The van der Waals surface area contributed by atoms with Gasteiger partial charge in [-0.25, -0.2) is 0 Å². The van der Waals surface area contributed by atoms with Gasteiger partial charge in [-0.1, -0.05) is 34.5 Å². The van der Waals surface area contributed by atoms with Crippen LogP contribution in [0.1, 0.15) is 37.7 Å². The van der Waals surface area contributed by atoms with E-state index in [9.17, 15) is 4.79 Å². The van der Waals surface area contributed by atoms with Crippen molar-refractivity contribution in [1.29, 1.82) is 0 Å². The van der Waals surface area contributed by atoms with Gasteiger partial charge in [0, 0.05) is 23.0 Å². The molecule has 1 heterocycles. The molecular formula is C17H24BrClN2O2. The molecule has 2 atom stereocenters. The van der Waals surface area contributed by atoms with E-state index in [1.165, 1.54) is 12.0 Å². The molecule has 3 N–H and O–H groups in total. The Morgan fingerprint density at radius 3 is 2.74 bits per heavy atom. The average Bonchev–Trinajstić information content (AvgIpc) is 2.95. The maximum absolute atomic E-state index is 12.3. The van der Waals surface area contributed by atoms with Gasteiger partial charge in [-0.15, -0.1) is 12.4 Å². The highest BCUT2D eigenvalue weighted by Crippen LogP contribution is 2.43. The van der Waals surface area contributed by atoms with E-state index in [2.05, 4.69) is 39.4 Å². The number of nitrogens with one attached hydrogen (secondary N) is 1. The Morgan fingerprint density at radius 1 is 1.39 bits per heavy atom. The highest BCUT2D eigenvalue weighted by molar-refractivity contribution is 9.10. The number of benzene rings is 1. The van der Waals surface area contributed by atoms with Gasteiger partial charge in [-0.05, 0) is 43.4 Å². The molecule has 2 aliphatic rings. The molecule has 0 spiro atoms. The summed E-state index contributed by atoms with van der Waals surface area (Å²) in [7, 11) is 0. The Morgan fingerprint density at radius 2 is 2.17 bits per heavy atom. The molecule has 0 bridgehead atoms. The lowest BCUT2D eigenvalue weighted by molar-refractivity contribution is -0.132. The maximum Gasteiger partial charge on any atom is 0.249 e. The molecule has 1 aliphatic carbocycles. The third-order valence-corrected chi connectivity index (χ3v) is 5.50. The number of ether oxygens (including phenoxy) is 1. The Labute approximate surface area is 152 Å². The van der Waals surface area contributed by atoms with Gasteiger partial charge in [0.2, 0.25) is 5.91 Å². The van der Waals surface area contributed by atoms with E-state index < -0.39 is 0 Å². The zero-order valence-electron chi connectivity index (χ0n) is 13.1. The number of rotatable bonds is 5. The van der Waals surface area contributed by atoms with Crippen LogP contribution in [0.4, 0.5) is 0 Å². The standard InChI is InChI=1S/C17H23BrN2O2.ClH/c18-13-4-1-3-12(9-13)17(7-2-8-17)11-20-16(21)15-6-5-14(10-19)22-15;/h1,3-4,9,14-15H,2,5-8,10-11,19H2,(H,20,21);1H/t14-,15+;/m1./s1. The largest absolute Gasteiger partial charge is 0.364 e. The summed E-state index contributed by atoms with van der Waals surface area (Å²) < 4.78 is 6.76. The van der Waals surface area contributed by atoms with Crippen LogP contribution in [0.2, 0.25) is 0 Å². The van der Waals surface area contributed by atoms with Crippen LogP contribution < -0.4 is 11.1 Å². The fourth-order valence-corrected chi connectivity index (χ4v) is 3.83. The summed E-state index contributed by atoms with van der Waals surface area (Å²) in [4.78, 5) is 12.3. The molecule has 6 heteroatoms. The number of hydrogen-bond acceptors (Lipinski definition) is 3. The quantitative estimate of drug-likeness (QED) is 0.794. The van der Waals surface area contributed by atoms with Crippen molar-refractivity contribution in [1.82, 2.24) is 5.32 Å². The van der Waals surface area contributed by atoms with Gasteiger partial charge >= 0.3 is 0 Å². The fraction of sp³-hybridized carbons (Fsp3) is 0.588. The number of carbonyl (C=O) groups excluding carboxylic acids is 1. The van der Waals surface area contributed by atoms with Crippen LogP contribution in [0.5, 0.6) is 0 Å². The molecule has 0 unspecified atom stereocenters. The molecule has 0 radical (unpaired) electrons. The lowest BCUT2D eigenvalue weighted by Crippen LogP contribution is -2.48. The third-order valence-electron chi connectivity index (χ3n) is 5.01. The molecule has 0 aromatic heterocycles. The van der Waals surface area contributed by atoms with Gasteiger partial charge in [0.25, 0.3) is 0 Å². The van der Waals surface area contributed by atoms with Gasteiger partial charge in [0.05, 0.1) is 6.10 Å². The second-order valence-corrected chi connectivity index (χ2v) is 7.34. The predicted molar refractivity (Wildman–Crippen MR) is 96.9 cm³/mol. The Kier molecular flexibility index (Phi) is 6.48. The molecule has 1 amide bonds. The Bertz CT molecular complexity index is 551. The lowest BCUT2D eigenvalue weighted by atomic mass is 9.64. The summed E-state index contributed by atoms with van der Waals surface area (Å²) in [5, 5.41) is 3.11. The fourth-order valence-electron chi connectivity index (χ4n) is 3.43. The molecule has 1 aromatic rings. The number of halogens is 2. The monoisotopic (exact) mass is 402 g/mol. The first-order valence-electron chi connectivity index (χ1n) is 8.02. The maximum atomic E-state index is 12.3. The summed E-state index contributed by atoms with van der Waals surface area (Å²) in [6.45, 7) is 1.18. The SMILES string of the molecule is Cl.NC[C@H]1CC[C@@H](C(=O)NCC2(c3cccc(Br)c3)CCC2)O1. The second kappa shape index (κ2) is 7.97. The van der Waals surface area contributed by atoms with Crippen LogP contribution in [0.15, 0.2) is 28.7 Å². The van der Waals surface area contributed by atoms with Crippen LogP contribution in [-0.4, -0.2) is 31.2 Å². The Balaban J connectivity index is 0.00000192. The van der Waals surface area contributed by atoms with Crippen molar-refractivity contribution in [3.05, 3.63) is 34.3 Å². The Hall–Kier alpha value is -0.620. The van der Waals surface area contributed by atoms with Crippen LogP contribution in [0, 0.1) is 0 Å². The molecule has 23 heavy (non-hydrogen) atoms. The number of nitrogens with two attached hydrogens (primary N) is 1. The van der Waals surface area contributed by atoms with Crippen LogP contribution in [0.3, 0.4) is 0 Å². The topological polar surface area (TPSA) is 64.4 Å². The molecule has 1 aromatic carbocycles. The second-order valence-electron chi connectivity index (χ2n) is 6.42. The molecule has 2 fully saturated rings. The smallest absolute Gasteiger partial charge is 0.249 e. The third kappa shape index (κ3) is 4.08. The van der Waals surface area contributed by atoms with E-state index in [0.29, 0.717) is 13.1 Å². The average molecular weight is 404 g/mol. The lowest BCUT2D eigenvalue weighted by Gasteiger charge is -2.43. The summed E-state index contributed by atoms with van der Waals surface area (Å²) in [6, 6.07) is 8.43. The summed E-state index contributed by atoms with van der Waals surface area (Å²) in [6.07, 6.45) is 4.84. The minimum absolute atomic E-state index is 0. The van der Waals surface area contributed by atoms with Gasteiger partial charge < -0.3 is 15.8 Å². The van der Waals surface area contributed by atoms with Crippen molar-refractivity contribution in [2.24, 2.45) is 5.73 Å². The minimum Gasteiger partial charge on any atom is -0.364 e. The van der Waals surface area contributed by atoms with Crippen LogP contribution in [-0.2, 0) is 14.9 Å². The van der Waals surface area contributed by atoms with Gasteiger partial charge in [-0.3, -0.25) is 4.79 Å². The summed E-state index contributed by atoms with van der Waals surface area (Å²) >= 11 is 3.54. The summed E-state index contributed by atoms with van der Waals surface area (Å²) in [5.41, 5.74) is 6.99. The molecule has 128 valence electrons. The van der Waals surface area contributed by atoms with Gasteiger partial charge in [-0.2, -0.15) is 0 Å². The zero-order chi connectivity index (χ0) is 15.6. The van der Waals surface area contributed by atoms with E-state index in [4.69, 9.17) is 10.5 Å². The molecule has 3 rings (SSSR count). The summed E-state index contributed by atoms with van der Waals surface area (Å²) in [5.74, 6) is 0.0113. The number of carbonyl (C=O) groups is 1. The van der Waals surface area contributed by atoms with E-state index >= 15 is 0 Å². The van der Waals surface area contributed by atoms with E-state index in [-0.39, 0.29) is 35.9 Å². The van der Waals surface area contributed by atoms with Gasteiger partial charge in [0.15, 0.2) is 0 Å². The van der Waals surface area contributed by atoms with E-state index in [1.807, 2.05) is 6.07 Å². The molecule has 1 saturated heterocycles. The highest BCUT2D eigenvalue weighted by Gasteiger charge is 2.40. The zero-order valence-corrected chi connectivity index (χ0v) is 15.5. The van der Waals surface area contributed by atoms with Gasteiger partial charge in [0.1, 0.15) is 6.10 Å². The van der Waals surface area contributed by atoms with E-state index in [1.54, 1.807) is 0 Å². The van der Waals surface area contributed by atoms with Crippen LogP contribution >= 0.6 is 28.3 Å². The van der Waals surface area contributed by atoms with Crippen molar-refractivity contribution in [2.45, 2.75) is 49.7 Å². The minimum atomic E-state index is -0.326. The first kappa shape index (κ1) is 18.7. The van der Waals surface area contributed by atoms with Crippen molar-refractivity contribution < 1.29 is 9.53 Å². The molecule has 1 aliphatic heterocycles. The van der Waals surface area contributed by atoms with Crippen molar-refractivity contribution in [3.8, 4) is 0 Å². The normalized spacial score (nSPS) is 25.3. The van der Waals surface area contributed by atoms with Crippen molar-refractivity contribution >= 4 is 34.2 Å². The first-order chi connectivity index (χ1) is 10.6. The van der Waals surface area contributed by atoms with E-state index in [0.717, 1.165) is 30.2 Å². The van der Waals surface area contributed by atoms with Crippen molar-refractivity contribution in [3.63, 3.8) is 0 Å². The van der Waals surface area contributed by atoms with Crippen molar-refractivity contribution in [2.75, 3.05) is 13.1 Å². The number of amides is 1. The highest BCUT2D eigenvalue weighted by atomic mass is 79.9. The molecule has 4 nitrogen and oxygen atoms in total. The molecular weight excluding hydrogens is 380 g/mol. The first-order valence-corrected chi connectivity index (χ1v) is 8.81.